The molecule has 0 aliphatic rings. The fourth-order valence-electron chi connectivity index (χ4n) is 1.89. The van der Waals surface area contributed by atoms with Gasteiger partial charge in [-0.1, -0.05) is 0 Å². The monoisotopic (exact) mass is 262 g/mol. The van der Waals surface area contributed by atoms with Crippen LogP contribution in [0.3, 0.4) is 0 Å². The van der Waals surface area contributed by atoms with Crippen LogP contribution in [0.25, 0.3) is 10.8 Å². The van der Waals surface area contributed by atoms with E-state index in [2.05, 4.69) is 0 Å². The van der Waals surface area contributed by atoms with Crippen LogP contribution in [0.5, 0.6) is 23.0 Å². The average molecular weight is 262 g/mol. The van der Waals surface area contributed by atoms with Crippen molar-refractivity contribution in [3.8, 4) is 23.0 Å². The summed E-state index contributed by atoms with van der Waals surface area (Å²) in [5.41, 5.74) is -0.294. The van der Waals surface area contributed by atoms with Gasteiger partial charge in [-0.15, -0.1) is 0 Å². The van der Waals surface area contributed by atoms with Gasteiger partial charge in [0, 0.05) is 0 Å². The molecule has 0 amide bonds. The number of carbonyl (C=O) groups excluding carboxylic acids is 2. The van der Waals surface area contributed by atoms with Crippen LogP contribution in [0.15, 0.2) is 18.2 Å². The number of aldehydes is 1. The number of phenols is 4. The molecule has 0 spiro atoms. The van der Waals surface area contributed by atoms with E-state index in [1.807, 2.05) is 0 Å². The van der Waals surface area contributed by atoms with Crippen molar-refractivity contribution in [1.29, 1.82) is 0 Å². The molecular formula is C13H10O6. The summed E-state index contributed by atoms with van der Waals surface area (Å²) in [4.78, 5) is 21.9. The maximum absolute atomic E-state index is 11.6. The van der Waals surface area contributed by atoms with Crippen molar-refractivity contribution in [3.05, 3.63) is 23.8 Å². The fraction of sp³-hybridized carbons (Fsp3) is 0.0769. The molecule has 0 aromatic heterocycles. The first-order chi connectivity index (χ1) is 8.97. The summed E-state index contributed by atoms with van der Waals surface area (Å²) >= 11 is 0. The maximum atomic E-state index is 11.6. The molecule has 0 aliphatic carbocycles. The highest BCUT2D eigenvalue weighted by atomic mass is 16.3. The van der Waals surface area contributed by atoms with E-state index in [9.17, 15) is 30.0 Å². The Labute approximate surface area is 107 Å². The Balaban J connectivity index is 2.86. The Morgan fingerprint density at radius 2 is 1.58 bits per heavy atom. The molecule has 2 aromatic rings. The Kier molecular flexibility index (Phi) is 3.00. The van der Waals surface area contributed by atoms with Crippen molar-refractivity contribution >= 4 is 22.8 Å². The minimum Gasteiger partial charge on any atom is -0.507 e. The summed E-state index contributed by atoms with van der Waals surface area (Å²) in [7, 11) is 0. The minimum atomic E-state index is -0.701. The number of hydrogen-bond acceptors (Lipinski definition) is 6. The number of ketones is 1. The van der Waals surface area contributed by atoms with Gasteiger partial charge in [-0.25, -0.2) is 0 Å². The Bertz CT molecular complexity index is 689. The molecule has 6 nitrogen and oxygen atoms in total. The van der Waals surface area contributed by atoms with Crippen molar-refractivity contribution in [2.45, 2.75) is 6.42 Å². The summed E-state index contributed by atoms with van der Waals surface area (Å²) in [6.07, 6.45) is -0.0938. The van der Waals surface area contributed by atoms with Gasteiger partial charge in [0.15, 0.2) is 5.78 Å². The standard InChI is InChI=1S/C13H10O6/c14-4-3-7(15)6-5-10(18)11-8(16)1-2-9(17)12(11)13(6)19/h1-2,4-5,16-19H,3H2. The fourth-order valence-corrected chi connectivity index (χ4v) is 1.89. The minimum absolute atomic E-state index is 0.167. The van der Waals surface area contributed by atoms with E-state index in [1.165, 1.54) is 0 Å². The van der Waals surface area contributed by atoms with Gasteiger partial charge in [0.1, 0.15) is 29.3 Å². The zero-order valence-corrected chi connectivity index (χ0v) is 9.62. The number of fused-ring (bicyclic) bond motifs is 1. The number of benzene rings is 2. The lowest BCUT2D eigenvalue weighted by atomic mass is 9.99. The molecule has 0 saturated heterocycles. The van der Waals surface area contributed by atoms with E-state index in [-0.39, 0.29) is 22.1 Å². The van der Waals surface area contributed by atoms with Crippen molar-refractivity contribution in [2.24, 2.45) is 0 Å². The zero-order valence-electron chi connectivity index (χ0n) is 9.62. The molecule has 2 rings (SSSR count). The van der Waals surface area contributed by atoms with E-state index in [4.69, 9.17) is 0 Å². The molecule has 6 heteroatoms. The summed E-state index contributed by atoms with van der Waals surface area (Å²) in [5, 5.41) is 38.6. The average Bonchev–Trinajstić information content (AvgIpc) is 2.36. The largest absolute Gasteiger partial charge is 0.507 e. The maximum Gasteiger partial charge on any atom is 0.173 e. The van der Waals surface area contributed by atoms with E-state index >= 15 is 0 Å². The number of carbonyl (C=O) groups is 2. The molecular weight excluding hydrogens is 252 g/mol. The van der Waals surface area contributed by atoms with E-state index in [1.54, 1.807) is 0 Å². The second-order valence-electron chi connectivity index (χ2n) is 3.94. The summed E-state index contributed by atoms with van der Waals surface area (Å²) in [5.74, 6) is -2.52. The molecule has 0 saturated carbocycles. The van der Waals surface area contributed by atoms with Crippen molar-refractivity contribution in [3.63, 3.8) is 0 Å². The smallest absolute Gasteiger partial charge is 0.173 e. The lowest BCUT2D eigenvalue weighted by Gasteiger charge is -2.11. The molecule has 0 fully saturated rings. The molecule has 4 N–H and O–H groups in total. The van der Waals surface area contributed by atoms with Crippen LogP contribution >= 0.6 is 0 Å². The van der Waals surface area contributed by atoms with Crippen molar-refractivity contribution in [2.75, 3.05) is 0 Å². The predicted octanol–water partition coefficient (Wildman–Crippen LogP) is 1.43. The van der Waals surface area contributed by atoms with Gasteiger partial charge in [-0.05, 0) is 18.2 Å². The number of phenolic OH excluding ortho intramolecular Hbond substituents is 4. The summed E-state index contributed by atoms with van der Waals surface area (Å²) < 4.78 is 0. The van der Waals surface area contributed by atoms with Crippen LogP contribution in [0, 0.1) is 0 Å². The van der Waals surface area contributed by atoms with E-state index < -0.39 is 29.5 Å². The second-order valence-corrected chi connectivity index (χ2v) is 3.94. The molecule has 19 heavy (non-hydrogen) atoms. The first-order valence-corrected chi connectivity index (χ1v) is 5.33. The summed E-state index contributed by atoms with van der Waals surface area (Å²) in [6.45, 7) is 0. The number of hydrogen-bond donors (Lipinski definition) is 4. The van der Waals surface area contributed by atoms with Gasteiger partial charge < -0.3 is 25.2 Å². The number of Topliss-reactive ketones (excluding diaryl/α,β-unsaturated/α-hetero) is 1. The predicted molar refractivity (Wildman–Crippen MR) is 65.6 cm³/mol. The molecule has 98 valence electrons. The van der Waals surface area contributed by atoms with Crippen LogP contribution in [0.4, 0.5) is 0 Å². The topological polar surface area (TPSA) is 115 Å². The quantitative estimate of drug-likeness (QED) is 0.288. The molecule has 0 radical (unpaired) electrons. The van der Waals surface area contributed by atoms with Gasteiger partial charge in [-0.3, -0.25) is 4.79 Å². The third kappa shape index (κ3) is 1.93. The van der Waals surface area contributed by atoms with Crippen LogP contribution in [0.2, 0.25) is 0 Å². The van der Waals surface area contributed by atoms with Gasteiger partial charge in [0.2, 0.25) is 0 Å². The summed E-state index contributed by atoms with van der Waals surface area (Å²) in [6, 6.07) is 3.21. The van der Waals surface area contributed by atoms with E-state index in [0.717, 1.165) is 18.2 Å². The van der Waals surface area contributed by atoms with Crippen LogP contribution in [-0.4, -0.2) is 32.5 Å². The molecule has 0 aliphatic heterocycles. The van der Waals surface area contributed by atoms with Gasteiger partial charge in [0.05, 0.1) is 22.8 Å². The molecule has 0 heterocycles. The van der Waals surface area contributed by atoms with Crippen LogP contribution in [0.1, 0.15) is 16.8 Å². The van der Waals surface area contributed by atoms with Gasteiger partial charge in [0.25, 0.3) is 0 Å². The molecule has 0 unspecified atom stereocenters. The second kappa shape index (κ2) is 4.49. The van der Waals surface area contributed by atoms with Crippen molar-refractivity contribution in [1.82, 2.24) is 0 Å². The molecule has 2 aromatic carbocycles. The zero-order chi connectivity index (χ0) is 14.2. The Morgan fingerprint density at radius 3 is 2.16 bits per heavy atom. The number of rotatable bonds is 3. The highest BCUT2D eigenvalue weighted by molar-refractivity contribution is 6.12. The first-order valence-electron chi connectivity index (χ1n) is 5.33. The van der Waals surface area contributed by atoms with Gasteiger partial charge >= 0.3 is 0 Å². The number of aromatic hydroxyl groups is 4. The Hall–Kier alpha value is -2.76. The molecule has 0 atom stereocenters. The first kappa shape index (κ1) is 12.7. The van der Waals surface area contributed by atoms with Crippen LogP contribution in [-0.2, 0) is 4.79 Å². The van der Waals surface area contributed by atoms with Crippen LogP contribution < -0.4 is 0 Å². The lowest BCUT2D eigenvalue weighted by molar-refractivity contribution is -0.107. The Morgan fingerprint density at radius 1 is 1.00 bits per heavy atom. The highest BCUT2D eigenvalue weighted by Crippen LogP contribution is 2.44. The third-order valence-corrected chi connectivity index (χ3v) is 2.76. The lowest BCUT2D eigenvalue weighted by Crippen LogP contribution is -2.00. The molecule has 0 bridgehead atoms. The highest BCUT2D eigenvalue weighted by Gasteiger charge is 2.20. The van der Waals surface area contributed by atoms with Crippen molar-refractivity contribution < 1.29 is 30.0 Å². The normalized spacial score (nSPS) is 10.5. The third-order valence-electron chi connectivity index (χ3n) is 2.76. The van der Waals surface area contributed by atoms with E-state index in [0.29, 0.717) is 6.29 Å². The van der Waals surface area contributed by atoms with Gasteiger partial charge in [-0.2, -0.15) is 0 Å². The SMILES string of the molecule is O=CCC(=O)c1cc(O)c2c(O)ccc(O)c2c1O.